The molecule has 1 amide bonds. The van der Waals surface area contributed by atoms with Crippen molar-refractivity contribution in [2.24, 2.45) is 0 Å². The van der Waals surface area contributed by atoms with Crippen LogP contribution in [0.25, 0.3) is 11.1 Å². The van der Waals surface area contributed by atoms with Crippen LogP contribution in [0.5, 0.6) is 5.75 Å². The van der Waals surface area contributed by atoms with Gasteiger partial charge in [0.1, 0.15) is 11.3 Å². The highest BCUT2D eigenvalue weighted by Gasteiger charge is 2.49. The molecule has 37 heavy (non-hydrogen) atoms. The molecule has 4 rings (SSSR count). The molecule has 0 radical (unpaired) electrons. The molecule has 0 unspecified atom stereocenters. The van der Waals surface area contributed by atoms with Crippen molar-refractivity contribution in [1.82, 2.24) is 9.88 Å². The number of nitrogens with zero attached hydrogens (tertiary/aromatic N) is 4. The van der Waals surface area contributed by atoms with Crippen molar-refractivity contribution in [1.29, 1.82) is 5.26 Å². The third-order valence-corrected chi connectivity index (χ3v) is 6.58. The zero-order chi connectivity index (χ0) is 26.8. The maximum absolute atomic E-state index is 13.5. The predicted octanol–water partition coefficient (Wildman–Crippen LogP) is 5.82. The molecule has 0 bridgehead atoms. The summed E-state index contributed by atoms with van der Waals surface area (Å²) in [7, 11) is 0. The molecule has 1 aromatic heterocycles. The lowest BCUT2D eigenvalue weighted by molar-refractivity contribution is -0.137. The largest absolute Gasteiger partial charge is 0.494 e. The van der Waals surface area contributed by atoms with Gasteiger partial charge in [-0.25, -0.2) is 0 Å². The smallest absolute Gasteiger partial charge is 0.417 e. The lowest BCUT2D eigenvalue weighted by Gasteiger charge is -2.29. The second-order valence-electron chi connectivity index (χ2n) is 8.94. The Hall–Kier alpha value is -3.97. The molecule has 2 heterocycles. The molecule has 0 aliphatic carbocycles. The van der Waals surface area contributed by atoms with Crippen LogP contribution >= 0.6 is 12.2 Å². The van der Waals surface area contributed by atoms with E-state index in [-0.39, 0.29) is 10.8 Å². The van der Waals surface area contributed by atoms with Gasteiger partial charge in [0, 0.05) is 18.9 Å². The monoisotopic (exact) mass is 524 g/mol. The van der Waals surface area contributed by atoms with Gasteiger partial charge in [0.25, 0.3) is 5.91 Å². The first kappa shape index (κ1) is 26.1. The normalized spacial score (nSPS) is 15.1. The number of aromatic nitrogens is 1. The molecule has 1 aliphatic rings. The number of halogens is 3. The molecular weight excluding hydrogens is 501 g/mol. The van der Waals surface area contributed by atoms with Crippen LogP contribution in [-0.2, 0) is 11.0 Å². The Balaban J connectivity index is 1.42. The molecule has 0 spiro atoms. The van der Waals surface area contributed by atoms with Gasteiger partial charge in [-0.05, 0) is 86.1 Å². The minimum absolute atomic E-state index is 0.0255. The molecular formula is C27H23F3N4O2S. The summed E-state index contributed by atoms with van der Waals surface area (Å²) in [5, 5.41) is 9.16. The van der Waals surface area contributed by atoms with E-state index in [2.05, 4.69) is 4.98 Å². The molecule has 1 saturated heterocycles. The van der Waals surface area contributed by atoms with E-state index in [0.717, 1.165) is 28.2 Å². The van der Waals surface area contributed by atoms with Crippen molar-refractivity contribution >= 4 is 28.9 Å². The molecule has 2 aromatic carbocycles. The Bertz CT molecular complexity index is 1350. The van der Waals surface area contributed by atoms with Crippen LogP contribution in [0.1, 0.15) is 31.4 Å². The second kappa shape index (κ2) is 10.2. The number of hydrogen-bond donors (Lipinski definition) is 0. The van der Waals surface area contributed by atoms with E-state index in [1.807, 2.05) is 36.4 Å². The van der Waals surface area contributed by atoms with Crippen LogP contribution in [0.15, 0.2) is 67.0 Å². The fourth-order valence-electron chi connectivity index (χ4n) is 4.14. The number of rotatable bonds is 7. The fourth-order valence-corrected chi connectivity index (χ4v) is 4.65. The van der Waals surface area contributed by atoms with Crippen molar-refractivity contribution in [3.05, 3.63) is 78.1 Å². The number of carbonyl (C=O) groups excluding carboxylic acids is 1. The Morgan fingerprint density at radius 1 is 1.05 bits per heavy atom. The van der Waals surface area contributed by atoms with Crippen LogP contribution in [0.3, 0.4) is 0 Å². The van der Waals surface area contributed by atoms with Crippen LogP contribution in [0, 0.1) is 11.3 Å². The number of benzene rings is 2. The van der Waals surface area contributed by atoms with Gasteiger partial charge in [0.2, 0.25) is 0 Å². The van der Waals surface area contributed by atoms with E-state index in [1.54, 1.807) is 37.2 Å². The van der Waals surface area contributed by atoms with E-state index in [0.29, 0.717) is 25.3 Å². The molecule has 6 nitrogen and oxygen atoms in total. The summed E-state index contributed by atoms with van der Waals surface area (Å²) in [6, 6.07) is 16.2. The Morgan fingerprint density at radius 2 is 1.70 bits per heavy atom. The quantitative estimate of drug-likeness (QED) is 0.287. The highest BCUT2D eigenvalue weighted by molar-refractivity contribution is 7.80. The van der Waals surface area contributed by atoms with Gasteiger partial charge in [-0.3, -0.25) is 14.7 Å². The first-order valence-corrected chi connectivity index (χ1v) is 11.9. The predicted molar refractivity (Wildman–Crippen MR) is 137 cm³/mol. The summed E-state index contributed by atoms with van der Waals surface area (Å²) < 4.78 is 46.2. The molecule has 3 aromatic rings. The average molecular weight is 525 g/mol. The molecule has 1 aliphatic heterocycles. The molecule has 10 heteroatoms. The van der Waals surface area contributed by atoms with Gasteiger partial charge >= 0.3 is 6.18 Å². The van der Waals surface area contributed by atoms with Crippen molar-refractivity contribution in [3.63, 3.8) is 0 Å². The van der Waals surface area contributed by atoms with Crippen molar-refractivity contribution in [3.8, 4) is 22.9 Å². The Labute approximate surface area is 217 Å². The highest BCUT2D eigenvalue weighted by atomic mass is 32.1. The molecule has 0 N–H and O–H groups in total. The first-order chi connectivity index (χ1) is 17.5. The minimum atomic E-state index is -4.74. The van der Waals surface area contributed by atoms with E-state index in [4.69, 9.17) is 22.2 Å². The van der Waals surface area contributed by atoms with Gasteiger partial charge < -0.3 is 9.64 Å². The zero-order valence-corrected chi connectivity index (χ0v) is 20.9. The molecule has 1 fully saturated rings. The molecule has 0 saturated carbocycles. The molecule has 190 valence electrons. The van der Waals surface area contributed by atoms with Crippen LogP contribution < -0.4 is 9.64 Å². The number of anilines is 1. The topological polar surface area (TPSA) is 69.5 Å². The number of hydrogen-bond acceptors (Lipinski definition) is 5. The van der Waals surface area contributed by atoms with Crippen molar-refractivity contribution in [2.75, 3.05) is 18.1 Å². The summed E-state index contributed by atoms with van der Waals surface area (Å²) in [5.74, 6) is 0.249. The first-order valence-electron chi connectivity index (χ1n) is 11.4. The number of alkyl halides is 3. The fraction of sp³-hybridized carbons (Fsp3) is 0.259. The molecule has 0 atom stereocenters. The van der Waals surface area contributed by atoms with Crippen LogP contribution in [0.4, 0.5) is 18.9 Å². The van der Waals surface area contributed by atoms with E-state index >= 15 is 0 Å². The van der Waals surface area contributed by atoms with Gasteiger partial charge in [0.15, 0.2) is 5.11 Å². The van der Waals surface area contributed by atoms with Crippen LogP contribution in [-0.4, -0.2) is 39.6 Å². The van der Waals surface area contributed by atoms with E-state index < -0.39 is 28.7 Å². The SMILES string of the molecule is CC1(C)C(=O)N(c2ccc(C#N)c(C(F)(F)F)c2)C(=S)N1CCCOc1ccc(-c2ccncc2)cc1. The number of nitriles is 1. The maximum Gasteiger partial charge on any atom is 0.417 e. The van der Waals surface area contributed by atoms with Gasteiger partial charge in [-0.2, -0.15) is 18.4 Å². The van der Waals surface area contributed by atoms with Gasteiger partial charge in [-0.15, -0.1) is 0 Å². The second-order valence-corrected chi connectivity index (χ2v) is 9.30. The van der Waals surface area contributed by atoms with Crippen LogP contribution in [0.2, 0.25) is 0 Å². The maximum atomic E-state index is 13.5. The third-order valence-electron chi connectivity index (χ3n) is 6.17. The minimum Gasteiger partial charge on any atom is -0.494 e. The van der Waals surface area contributed by atoms with Crippen molar-refractivity contribution < 1.29 is 22.7 Å². The summed E-state index contributed by atoms with van der Waals surface area (Å²) in [6.45, 7) is 4.07. The van der Waals surface area contributed by atoms with E-state index in [1.165, 1.54) is 6.07 Å². The summed E-state index contributed by atoms with van der Waals surface area (Å²) in [4.78, 5) is 20.0. The Morgan fingerprint density at radius 3 is 2.32 bits per heavy atom. The standard InChI is InChI=1S/C27H23F3N4O2S/c1-26(2)24(35)34(21-7-4-20(17-31)23(16-21)27(28,29)30)25(37)33(26)14-3-15-36-22-8-5-18(6-9-22)19-10-12-32-13-11-19/h4-13,16H,3,14-15H2,1-2H3. The van der Waals surface area contributed by atoms with E-state index in [9.17, 15) is 18.0 Å². The highest BCUT2D eigenvalue weighted by Crippen LogP contribution is 2.38. The average Bonchev–Trinajstić information content (AvgIpc) is 3.05. The van der Waals surface area contributed by atoms with Gasteiger partial charge in [0.05, 0.1) is 29.5 Å². The number of ether oxygens (including phenoxy) is 1. The summed E-state index contributed by atoms with van der Waals surface area (Å²) >= 11 is 5.51. The summed E-state index contributed by atoms with van der Waals surface area (Å²) in [5.41, 5.74) is -0.629. The third kappa shape index (κ3) is 5.27. The number of amides is 1. The lowest BCUT2D eigenvalue weighted by Crippen LogP contribution is -2.44. The zero-order valence-electron chi connectivity index (χ0n) is 20.1. The number of pyridine rings is 1. The van der Waals surface area contributed by atoms with Crippen molar-refractivity contribution in [2.45, 2.75) is 32.0 Å². The summed E-state index contributed by atoms with van der Waals surface area (Å²) in [6.07, 6.45) is -0.758. The Kier molecular flexibility index (Phi) is 7.18. The van der Waals surface area contributed by atoms with Gasteiger partial charge in [-0.1, -0.05) is 12.1 Å². The number of carbonyl (C=O) groups is 1. The number of thiocarbonyl (C=S) groups is 1. The lowest BCUT2D eigenvalue weighted by atomic mass is 10.0.